The Morgan fingerprint density at radius 3 is 1.92 bits per heavy atom. The third-order valence-corrected chi connectivity index (χ3v) is 3.29. The molecule has 3 N–H and O–H groups in total. The molecule has 0 aliphatic rings. The predicted molar refractivity (Wildman–Crippen MR) is 75.3 cm³/mol. The van der Waals surface area contributed by atoms with Crippen molar-refractivity contribution in [1.29, 1.82) is 0 Å². The highest BCUT2D eigenvalue weighted by Crippen LogP contribution is 2.43. The van der Waals surface area contributed by atoms with Crippen LogP contribution in [0.15, 0.2) is 48.7 Å². The summed E-state index contributed by atoms with van der Waals surface area (Å²) in [7, 11) is 0. The zero-order chi connectivity index (χ0) is 19.6. The summed E-state index contributed by atoms with van der Waals surface area (Å²) in [6.45, 7) is 0. The van der Waals surface area contributed by atoms with Crippen molar-refractivity contribution in [1.82, 2.24) is 5.32 Å². The van der Waals surface area contributed by atoms with E-state index in [0.717, 1.165) is 41.8 Å². The van der Waals surface area contributed by atoms with Crippen molar-refractivity contribution in [3.8, 4) is 0 Å². The zero-order valence-electron chi connectivity index (χ0n) is 12.7. The lowest BCUT2D eigenvalue weighted by molar-refractivity contribution is -0.367. The highest BCUT2D eigenvalue weighted by Gasteiger charge is 2.76. The molecule has 0 radical (unpaired) electrons. The van der Waals surface area contributed by atoms with Gasteiger partial charge >= 0.3 is 18.0 Å². The number of nitrogens with one attached hydrogen (secondary N) is 3. The highest BCUT2D eigenvalue weighted by molar-refractivity contribution is 5.95. The van der Waals surface area contributed by atoms with Crippen LogP contribution >= 0.6 is 0 Å². The van der Waals surface area contributed by atoms with Gasteiger partial charge in [0.1, 0.15) is 5.82 Å². The molecule has 0 bridgehead atoms. The van der Waals surface area contributed by atoms with E-state index in [9.17, 15) is 35.5 Å². The van der Waals surface area contributed by atoms with Crippen molar-refractivity contribution >= 4 is 11.7 Å². The first-order valence-corrected chi connectivity index (χ1v) is 6.93. The summed E-state index contributed by atoms with van der Waals surface area (Å²) in [5, 5.41) is 2.23. The molecule has 1 aromatic carbocycles. The first kappa shape index (κ1) is 19.5. The summed E-state index contributed by atoms with van der Waals surface area (Å²) < 4.78 is 93.4. The van der Waals surface area contributed by atoms with E-state index in [0.29, 0.717) is 0 Å². The Balaban J connectivity index is 2.48. The molecule has 0 atom stereocenters. The zero-order valence-corrected chi connectivity index (χ0v) is 12.7. The number of amides is 1. The Morgan fingerprint density at radius 2 is 1.46 bits per heavy atom. The van der Waals surface area contributed by atoms with Gasteiger partial charge < -0.3 is 0 Å². The lowest BCUT2D eigenvalue weighted by Crippen LogP contribution is -2.72. The molecule has 2 aromatic rings. The second-order valence-electron chi connectivity index (χ2n) is 5.11. The molecule has 26 heavy (non-hydrogen) atoms. The van der Waals surface area contributed by atoms with Gasteiger partial charge in [0.15, 0.2) is 0 Å². The first-order chi connectivity index (χ1) is 12.0. The minimum Gasteiger partial charge on any atom is -0.296 e. The first-order valence-electron chi connectivity index (χ1n) is 6.93. The van der Waals surface area contributed by atoms with E-state index in [1.54, 1.807) is 0 Å². The van der Waals surface area contributed by atoms with E-state index < -0.39 is 41.1 Å². The second kappa shape index (κ2) is 6.81. The van der Waals surface area contributed by atoms with Crippen LogP contribution in [0.5, 0.6) is 0 Å². The molecule has 0 saturated carbocycles. The molecule has 0 saturated heterocycles. The number of aromatic nitrogens is 1. The number of aromatic amines is 1. The molecule has 0 aliphatic heterocycles. The summed E-state index contributed by atoms with van der Waals surface area (Å²) >= 11 is 0. The Kier molecular flexibility index (Phi) is 5.10. The molecule has 0 fully saturated rings. The number of H-pyrrole nitrogens is 1. The number of benzene rings is 1. The smallest absolute Gasteiger partial charge is 0.296 e. The van der Waals surface area contributed by atoms with Crippen molar-refractivity contribution in [2.45, 2.75) is 18.0 Å². The largest absolute Gasteiger partial charge is 0.462 e. The highest BCUT2D eigenvalue weighted by atomic mass is 19.4. The van der Waals surface area contributed by atoms with E-state index >= 15 is 0 Å². The van der Waals surface area contributed by atoms with Crippen molar-refractivity contribution in [2.24, 2.45) is 0 Å². The van der Waals surface area contributed by atoms with E-state index in [4.69, 9.17) is 0 Å². The Morgan fingerprint density at radius 1 is 0.885 bits per heavy atom. The monoisotopic (exact) mass is 382 g/mol. The SMILES string of the molecule is O=C(NC(Nc1cccc[nH+]1)(C(F)(F)F)C(F)(F)F)c1ccc(F)cc1. The van der Waals surface area contributed by atoms with Crippen LogP contribution in [0.25, 0.3) is 0 Å². The van der Waals surface area contributed by atoms with Crippen LogP contribution < -0.4 is 15.6 Å². The Hall–Kier alpha value is -2.85. The summed E-state index contributed by atoms with van der Waals surface area (Å²) in [6, 6.07) is 6.44. The summed E-state index contributed by atoms with van der Waals surface area (Å²) in [4.78, 5) is 14.1. The fraction of sp³-hybridized carbons (Fsp3) is 0.200. The van der Waals surface area contributed by atoms with Gasteiger partial charge in [-0.3, -0.25) is 10.1 Å². The number of pyridine rings is 1. The fourth-order valence-corrected chi connectivity index (χ4v) is 1.99. The van der Waals surface area contributed by atoms with Gasteiger partial charge in [-0.1, -0.05) is 6.07 Å². The molecule has 0 spiro atoms. The van der Waals surface area contributed by atoms with Gasteiger partial charge in [-0.25, -0.2) is 14.7 Å². The third-order valence-electron chi connectivity index (χ3n) is 3.29. The topological polar surface area (TPSA) is 55.3 Å². The van der Waals surface area contributed by atoms with Gasteiger partial charge in [0.25, 0.3) is 11.7 Å². The van der Waals surface area contributed by atoms with Crippen LogP contribution in [0.3, 0.4) is 0 Å². The van der Waals surface area contributed by atoms with Crippen molar-refractivity contribution in [3.05, 3.63) is 60.0 Å². The third kappa shape index (κ3) is 3.86. The Bertz CT molecular complexity index is 744. The van der Waals surface area contributed by atoms with E-state index in [1.807, 2.05) is 0 Å². The average molecular weight is 382 g/mol. The normalized spacial score (nSPS) is 12.6. The molecule has 1 amide bonds. The molecule has 11 heteroatoms. The maximum atomic E-state index is 13.4. The van der Waals surface area contributed by atoms with Crippen LogP contribution in [0.2, 0.25) is 0 Å². The van der Waals surface area contributed by atoms with Gasteiger partial charge in [-0.2, -0.15) is 26.3 Å². The quantitative estimate of drug-likeness (QED) is 0.630. The van der Waals surface area contributed by atoms with E-state index in [1.165, 1.54) is 17.4 Å². The van der Waals surface area contributed by atoms with Gasteiger partial charge in [0.2, 0.25) is 0 Å². The second-order valence-corrected chi connectivity index (χ2v) is 5.11. The minimum atomic E-state index is -5.95. The van der Waals surface area contributed by atoms with Gasteiger partial charge in [0, 0.05) is 11.6 Å². The number of rotatable bonds is 4. The standard InChI is InChI=1S/C15H10F7N3O/c16-10-6-4-9(5-7-10)12(26)25-13(14(17,18)19,15(20,21)22)24-11-3-1-2-8-23-11/h1-8H,(H,23,24)(H,25,26)/p+1. The molecule has 2 rings (SSSR count). The fourth-order valence-electron chi connectivity index (χ4n) is 1.99. The van der Waals surface area contributed by atoms with Gasteiger partial charge in [0.05, 0.1) is 6.20 Å². The number of hydrogen-bond acceptors (Lipinski definition) is 2. The number of halogens is 7. The molecule has 1 heterocycles. The maximum Gasteiger partial charge on any atom is 0.462 e. The summed E-state index contributed by atoms with van der Waals surface area (Å²) in [6.07, 6.45) is -10.8. The Labute approximate surface area is 142 Å². The van der Waals surface area contributed by atoms with Crippen LogP contribution in [-0.2, 0) is 0 Å². The lowest BCUT2D eigenvalue weighted by atomic mass is 10.1. The summed E-state index contributed by atoms with van der Waals surface area (Å²) in [5.74, 6) is -3.14. The number of alkyl halides is 6. The summed E-state index contributed by atoms with van der Waals surface area (Å²) in [5.41, 5.74) is -5.35. The predicted octanol–water partition coefficient (Wildman–Crippen LogP) is 3.30. The van der Waals surface area contributed by atoms with E-state index in [-0.39, 0.29) is 0 Å². The van der Waals surface area contributed by atoms with Crippen molar-refractivity contribution in [2.75, 3.05) is 5.32 Å². The van der Waals surface area contributed by atoms with E-state index in [2.05, 4.69) is 4.98 Å². The van der Waals surface area contributed by atoms with Crippen LogP contribution in [0.1, 0.15) is 10.4 Å². The number of carbonyl (C=O) groups is 1. The van der Waals surface area contributed by atoms with Crippen molar-refractivity contribution < 1.29 is 40.5 Å². The molecule has 140 valence electrons. The van der Waals surface area contributed by atoms with Crippen molar-refractivity contribution in [3.63, 3.8) is 0 Å². The van der Waals surface area contributed by atoms with Gasteiger partial charge in [-0.05, 0) is 30.3 Å². The number of hydrogen-bond donors (Lipinski definition) is 2. The number of anilines is 1. The molecule has 1 aromatic heterocycles. The molecular weight excluding hydrogens is 371 g/mol. The number of carbonyl (C=O) groups excluding carboxylic acids is 1. The van der Waals surface area contributed by atoms with Gasteiger partial charge in [-0.15, -0.1) is 0 Å². The van der Waals surface area contributed by atoms with Crippen LogP contribution in [0.4, 0.5) is 36.6 Å². The molecule has 0 aliphatic carbocycles. The molecular formula is C15H11F7N3O+. The molecule has 0 unspecified atom stereocenters. The van der Waals surface area contributed by atoms with Crippen LogP contribution in [-0.4, -0.2) is 23.9 Å². The average Bonchev–Trinajstić information content (AvgIpc) is 2.53. The minimum absolute atomic E-state index is 0.580. The maximum absolute atomic E-state index is 13.4. The van der Waals surface area contributed by atoms with Crippen LogP contribution in [0, 0.1) is 5.82 Å². The lowest BCUT2D eigenvalue weighted by Gasteiger charge is -2.34. The molecule has 4 nitrogen and oxygen atoms in total.